The van der Waals surface area contributed by atoms with Gasteiger partial charge in [0.15, 0.2) is 0 Å². The fourth-order valence-corrected chi connectivity index (χ4v) is 2.98. The molecule has 1 aromatic carbocycles. The SMILES string of the molecule is CN(C)c1ncccc1CNS(=O)(=O)c1ccc([N+](=O)[O-])cc1. The molecule has 1 heterocycles. The van der Waals surface area contributed by atoms with Gasteiger partial charge in [0.2, 0.25) is 10.0 Å². The van der Waals surface area contributed by atoms with Crippen LogP contribution in [0.2, 0.25) is 0 Å². The van der Waals surface area contributed by atoms with Gasteiger partial charge in [-0.15, -0.1) is 0 Å². The van der Waals surface area contributed by atoms with Crippen molar-refractivity contribution in [3.8, 4) is 0 Å². The summed E-state index contributed by atoms with van der Waals surface area (Å²) in [6.45, 7) is 0.0701. The highest BCUT2D eigenvalue weighted by Crippen LogP contribution is 2.18. The fourth-order valence-electron chi connectivity index (χ4n) is 1.97. The van der Waals surface area contributed by atoms with Crippen molar-refractivity contribution in [2.24, 2.45) is 0 Å². The second kappa shape index (κ2) is 6.71. The van der Waals surface area contributed by atoms with E-state index in [1.54, 1.807) is 23.2 Å². The molecule has 0 saturated heterocycles. The van der Waals surface area contributed by atoms with Crippen LogP contribution in [0.3, 0.4) is 0 Å². The van der Waals surface area contributed by atoms with Gasteiger partial charge in [-0.25, -0.2) is 18.1 Å². The average molecular weight is 336 g/mol. The Bertz CT molecular complexity index is 804. The zero-order chi connectivity index (χ0) is 17.0. The van der Waals surface area contributed by atoms with E-state index in [0.29, 0.717) is 5.82 Å². The molecule has 0 saturated carbocycles. The molecule has 2 aromatic rings. The zero-order valence-electron chi connectivity index (χ0n) is 12.6. The molecule has 0 aliphatic heterocycles. The van der Waals surface area contributed by atoms with Gasteiger partial charge < -0.3 is 4.90 Å². The first-order chi connectivity index (χ1) is 10.8. The molecule has 0 atom stereocenters. The first-order valence-electron chi connectivity index (χ1n) is 6.66. The van der Waals surface area contributed by atoms with E-state index in [0.717, 1.165) is 17.7 Å². The van der Waals surface area contributed by atoms with E-state index in [2.05, 4.69) is 9.71 Å². The quantitative estimate of drug-likeness (QED) is 0.633. The Morgan fingerprint density at radius 3 is 2.43 bits per heavy atom. The lowest BCUT2D eigenvalue weighted by molar-refractivity contribution is -0.384. The third-order valence-corrected chi connectivity index (χ3v) is 4.52. The maximum absolute atomic E-state index is 12.3. The average Bonchev–Trinajstić information content (AvgIpc) is 2.53. The van der Waals surface area contributed by atoms with E-state index in [1.165, 1.54) is 12.1 Å². The summed E-state index contributed by atoms with van der Waals surface area (Å²) >= 11 is 0. The number of rotatable bonds is 6. The topological polar surface area (TPSA) is 105 Å². The van der Waals surface area contributed by atoms with E-state index in [9.17, 15) is 18.5 Å². The summed E-state index contributed by atoms with van der Waals surface area (Å²) in [5.74, 6) is 0.666. The van der Waals surface area contributed by atoms with Crippen molar-refractivity contribution >= 4 is 21.5 Å². The van der Waals surface area contributed by atoms with E-state index < -0.39 is 14.9 Å². The smallest absolute Gasteiger partial charge is 0.269 e. The van der Waals surface area contributed by atoms with Crippen molar-refractivity contribution in [1.29, 1.82) is 0 Å². The largest absolute Gasteiger partial charge is 0.362 e. The van der Waals surface area contributed by atoms with Crippen molar-refractivity contribution in [3.05, 3.63) is 58.3 Å². The van der Waals surface area contributed by atoms with Crippen LogP contribution in [0.15, 0.2) is 47.5 Å². The maximum atomic E-state index is 12.3. The van der Waals surface area contributed by atoms with E-state index in [4.69, 9.17) is 0 Å². The van der Waals surface area contributed by atoms with Gasteiger partial charge in [-0.05, 0) is 18.2 Å². The van der Waals surface area contributed by atoms with Crippen molar-refractivity contribution in [1.82, 2.24) is 9.71 Å². The number of non-ortho nitro benzene ring substituents is 1. The van der Waals surface area contributed by atoms with E-state index in [1.807, 2.05) is 14.1 Å². The summed E-state index contributed by atoms with van der Waals surface area (Å²) in [6.07, 6.45) is 1.63. The zero-order valence-corrected chi connectivity index (χ0v) is 13.4. The summed E-state index contributed by atoms with van der Waals surface area (Å²) in [6, 6.07) is 8.23. The molecule has 0 radical (unpaired) electrons. The minimum absolute atomic E-state index is 0.0293. The number of nitrogens with zero attached hydrogens (tertiary/aromatic N) is 3. The monoisotopic (exact) mass is 336 g/mol. The lowest BCUT2D eigenvalue weighted by atomic mass is 10.2. The summed E-state index contributed by atoms with van der Waals surface area (Å²) in [5, 5.41) is 10.6. The molecule has 8 nitrogen and oxygen atoms in total. The summed E-state index contributed by atoms with van der Waals surface area (Å²) in [7, 11) is -0.130. The minimum Gasteiger partial charge on any atom is -0.362 e. The Morgan fingerprint density at radius 1 is 1.22 bits per heavy atom. The molecule has 0 spiro atoms. The fraction of sp³-hybridized carbons (Fsp3) is 0.214. The van der Waals surface area contributed by atoms with Gasteiger partial charge >= 0.3 is 0 Å². The highest BCUT2D eigenvalue weighted by atomic mass is 32.2. The predicted molar refractivity (Wildman–Crippen MR) is 85.7 cm³/mol. The second-order valence-electron chi connectivity index (χ2n) is 4.96. The first kappa shape index (κ1) is 16.8. The lowest BCUT2D eigenvalue weighted by Crippen LogP contribution is -2.25. The molecule has 9 heteroatoms. The van der Waals surface area contributed by atoms with Gasteiger partial charge in [-0.2, -0.15) is 0 Å². The van der Waals surface area contributed by atoms with Crippen molar-refractivity contribution < 1.29 is 13.3 Å². The molecule has 0 unspecified atom stereocenters. The van der Waals surface area contributed by atoms with Crippen LogP contribution in [0.4, 0.5) is 11.5 Å². The highest BCUT2D eigenvalue weighted by molar-refractivity contribution is 7.89. The lowest BCUT2D eigenvalue weighted by Gasteiger charge is -2.16. The molecule has 0 aliphatic carbocycles. The maximum Gasteiger partial charge on any atom is 0.269 e. The number of pyridine rings is 1. The van der Waals surface area contributed by atoms with Gasteiger partial charge in [0.25, 0.3) is 5.69 Å². The number of anilines is 1. The molecule has 2 rings (SSSR count). The number of sulfonamides is 1. The number of hydrogen-bond acceptors (Lipinski definition) is 6. The van der Waals surface area contributed by atoms with Gasteiger partial charge in [-0.3, -0.25) is 10.1 Å². The molecular weight excluding hydrogens is 320 g/mol. The van der Waals surface area contributed by atoms with E-state index in [-0.39, 0.29) is 17.1 Å². The standard InChI is InChI=1S/C14H16N4O4S/c1-17(2)14-11(4-3-9-15-14)10-16-23(21,22)13-7-5-12(6-8-13)18(19)20/h3-9,16H,10H2,1-2H3. The molecular formula is C14H16N4O4S. The van der Waals surface area contributed by atoms with Crippen LogP contribution < -0.4 is 9.62 Å². The third-order valence-electron chi connectivity index (χ3n) is 3.10. The Labute approximate surface area is 134 Å². The van der Waals surface area contributed by atoms with Gasteiger partial charge in [0.05, 0.1) is 9.82 Å². The molecule has 23 heavy (non-hydrogen) atoms. The molecule has 1 aromatic heterocycles. The number of aromatic nitrogens is 1. The van der Waals surface area contributed by atoms with Crippen LogP contribution in [0.1, 0.15) is 5.56 Å². The normalized spacial score (nSPS) is 11.2. The van der Waals surface area contributed by atoms with Crippen LogP contribution in [0.25, 0.3) is 0 Å². The molecule has 0 fully saturated rings. The van der Waals surface area contributed by atoms with Crippen molar-refractivity contribution in [2.75, 3.05) is 19.0 Å². The van der Waals surface area contributed by atoms with Crippen LogP contribution >= 0.6 is 0 Å². The first-order valence-corrected chi connectivity index (χ1v) is 8.15. The van der Waals surface area contributed by atoms with E-state index >= 15 is 0 Å². The van der Waals surface area contributed by atoms with Crippen LogP contribution in [-0.4, -0.2) is 32.4 Å². The Balaban J connectivity index is 2.18. The van der Waals surface area contributed by atoms with Crippen LogP contribution in [0.5, 0.6) is 0 Å². The molecule has 1 N–H and O–H groups in total. The van der Waals surface area contributed by atoms with Gasteiger partial charge in [0.1, 0.15) is 5.82 Å². The Morgan fingerprint density at radius 2 is 1.87 bits per heavy atom. The molecule has 122 valence electrons. The summed E-state index contributed by atoms with van der Waals surface area (Å²) in [4.78, 5) is 16.0. The molecule has 0 bridgehead atoms. The number of nitro groups is 1. The highest BCUT2D eigenvalue weighted by Gasteiger charge is 2.16. The predicted octanol–water partition coefficient (Wildman–Crippen LogP) is 1.53. The van der Waals surface area contributed by atoms with Gasteiger partial charge in [-0.1, -0.05) is 6.07 Å². The minimum atomic E-state index is -3.76. The number of nitro benzene ring substituents is 1. The number of benzene rings is 1. The Kier molecular flexibility index (Phi) is 4.92. The molecule has 0 amide bonds. The summed E-state index contributed by atoms with van der Waals surface area (Å²) < 4.78 is 27.0. The van der Waals surface area contributed by atoms with Crippen molar-refractivity contribution in [2.45, 2.75) is 11.4 Å². The van der Waals surface area contributed by atoms with Gasteiger partial charge in [0, 0.05) is 44.5 Å². The number of nitrogens with one attached hydrogen (secondary N) is 1. The van der Waals surface area contributed by atoms with Crippen LogP contribution in [-0.2, 0) is 16.6 Å². The molecule has 0 aliphatic rings. The Hall–Kier alpha value is -2.52. The number of hydrogen-bond donors (Lipinski definition) is 1. The second-order valence-corrected chi connectivity index (χ2v) is 6.72. The van der Waals surface area contributed by atoms with Crippen LogP contribution in [0, 0.1) is 10.1 Å². The third kappa shape index (κ3) is 4.02. The van der Waals surface area contributed by atoms with Crippen molar-refractivity contribution in [3.63, 3.8) is 0 Å². The summed E-state index contributed by atoms with van der Waals surface area (Å²) in [5.41, 5.74) is 0.564.